The largest absolute Gasteiger partial charge is 0.480 e. The van der Waals surface area contributed by atoms with Crippen molar-refractivity contribution in [1.29, 1.82) is 10.8 Å². The van der Waals surface area contributed by atoms with Crippen LogP contribution >= 0.6 is 11.3 Å². The Morgan fingerprint density at radius 1 is 0.939 bits per heavy atom. The van der Waals surface area contributed by atoms with Gasteiger partial charge in [0.25, 0.3) is 11.6 Å². The van der Waals surface area contributed by atoms with E-state index in [4.69, 9.17) is 30.0 Å². The van der Waals surface area contributed by atoms with Crippen LogP contribution in [0, 0.1) is 22.5 Å². The molecule has 3 aromatic heterocycles. The Kier molecular flexibility index (Phi) is 10.4. The van der Waals surface area contributed by atoms with Crippen molar-refractivity contribution < 1.29 is 27.9 Å². The topological polar surface area (TPSA) is 173 Å². The number of fused-ring (bicyclic) bond motifs is 1. The molecule has 2 aromatic carbocycles. The van der Waals surface area contributed by atoms with E-state index in [-0.39, 0.29) is 34.0 Å². The highest BCUT2D eigenvalue weighted by molar-refractivity contribution is 7.22. The molecule has 0 atom stereocenters. The van der Waals surface area contributed by atoms with Gasteiger partial charge in [0.15, 0.2) is 5.82 Å². The molecule has 0 aliphatic carbocycles. The monoisotopic (exact) mass is 695 g/mol. The standard InChI is InChI=1S/C31H31F2N9O6S/c1-39(2)15-20-25-27(43)41(23-13-14-24(45-3)38-37-23)31(44)40(16-19-21(32)7-6-8-22(19)33)28(25)49-26(20)17-9-11-18(12-10-17)36-29(34)48-30(35)42(46-4)47-5/h6-14,35H,15-16H2,1-5H3,(H2,34,36). The summed E-state index contributed by atoms with van der Waals surface area (Å²) in [5.74, 6) is -1.65. The highest BCUT2D eigenvalue weighted by Gasteiger charge is 2.26. The number of hydroxylamine groups is 2. The van der Waals surface area contributed by atoms with Crippen LogP contribution in [-0.4, -0.2) is 76.9 Å². The molecule has 5 rings (SSSR count). The minimum absolute atomic E-state index is 0.101. The summed E-state index contributed by atoms with van der Waals surface area (Å²) in [6.07, 6.45) is 0. The van der Waals surface area contributed by atoms with E-state index in [9.17, 15) is 18.4 Å². The molecule has 49 heavy (non-hydrogen) atoms. The second kappa shape index (κ2) is 14.7. The quantitative estimate of drug-likeness (QED) is 0.110. The van der Waals surface area contributed by atoms with Crippen LogP contribution < -0.4 is 21.3 Å². The maximum Gasteiger partial charge on any atom is 0.343 e. The van der Waals surface area contributed by atoms with Gasteiger partial charge >= 0.3 is 11.7 Å². The lowest BCUT2D eigenvalue weighted by atomic mass is 10.1. The fourth-order valence-corrected chi connectivity index (χ4v) is 6.23. The van der Waals surface area contributed by atoms with E-state index in [1.54, 1.807) is 24.3 Å². The van der Waals surface area contributed by atoms with E-state index in [2.05, 4.69) is 15.5 Å². The summed E-state index contributed by atoms with van der Waals surface area (Å²) in [5.41, 5.74) is -0.249. The van der Waals surface area contributed by atoms with E-state index in [0.29, 0.717) is 26.9 Å². The summed E-state index contributed by atoms with van der Waals surface area (Å²) in [6.45, 7) is -0.246. The lowest BCUT2D eigenvalue weighted by molar-refractivity contribution is -0.296. The molecule has 18 heteroatoms. The van der Waals surface area contributed by atoms with Crippen LogP contribution in [0.1, 0.15) is 11.1 Å². The molecule has 0 unspecified atom stereocenters. The third-order valence-electron chi connectivity index (χ3n) is 7.09. The Morgan fingerprint density at radius 3 is 2.18 bits per heavy atom. The number of methoxy groups -OCH3 is 1. The molecule has 0 amide bonds. The SMILES string of the molecule is COc1ccc(-n2c(=O)c3c(CN(C)C)c(-c4ccc(NC(=N)OC(=N)N(OC)OC)cc4)sc3n(Cc3c(F)cccc3F)c2=O)nn1. The van der Waals surface area contributed by atoms with Crippen molar-refractivity contribution >= 4 is 39.3 Å². The van der Waals surface area contributed by atoms with E-state index in [1.807, 2.05) is 19.0 Å². The first-order valence-corrected chi connectivity index (χ1v) is 15.2. The van der Waals surface area contributed by atoms with Gasteiger partial charge in [0, 0.05) is 28.7 Å². The van der Waals surface area contributed by atoms with Gasteiger partial charge in [0.1, 0.15) is 16.5 Å². The number of anilines is 1. The van der Waals surface area contributed by atoms with Gasteiger partial charge in [-0.3, -0.25) is 14.8 Å². The second-order valence-corrected chi connectivity index (χ2v) is 11.5. The highest BCUT2D eigenvalue weighted by Crippen LogP contribution is 2.38. The Hall–Kier alpha value is -5.56. The average molecular weight is 696 g/mol. The Labute approximate surface area is 281 Å². The van der Waals surface area contributed by atoms with Crippen molar-refractivity contribution in [2.24, 2.45) is 0 Å². The number of aromatic nitrogens is 4. The van der Waals surface area contributed by atoms with Gasteiger partial charge in [-0.15, -0.1) is 21.5 Å². The van der Waals surface area contributed by atoms with Crippen LogP contribution in [0.5, 0.6) is 5.88 Å². The van der Waals surface area contributed by atoms with Gasteiger partial charge < -0.3 is 19.7 Å². The van der Waals surface area contributed by atoms with Gasteiger partial charge in [0.05, 0.1) is 33.3 Å². The summed E-state index contributed by atoms with van der Waals surface area (Å²) in [4.78, 5) is 40.6. The molecule has 0 aliphatic rings. The predicted octanol–water partition coefficient (Wildman–Crippen LogP) is 3.79. The molecule has 0 aliphatic heterocycles. The minimum Gasteiger partial charge on any atom is -0.480 e. The Balaban J connectivity index is 1.66. The number of nitrogens with zero attached hydrogens (tertiary/aromatic N) is 6. The van der Waals surface area contributed by atoms with E-state index < -0.39 is 41.5 Å². The van der Waals surface area contributed by atoms with E-state index >= 15 is 0 Å². The molecule has 0 bridgehead atoms. The first-order chi connectivity index (χ1) is 23.5. The molecular weight excluding hydrogens is 664 g/mol. The zero-order chi connectivity index (χ0) is 35.4. The Bertz CT molecular complexity index is 2110. The molecule has 15 nitrogen and oxygen atoms in total. The molecule has 3 N–H and O–H groups in total. The smallest absolute Gasteiger partial charge is 0.343 e. The Morgan fingerprint density at radius 2 is 1.61 bits per heavy atom. The fourth-order valence-electron chi connectivity index (χ4n) is 4.93. The van der Waals surface area contributed by atoms with Crippen molar-refractivity contribution in [2.75, 3.05) is 40.7 Å². The number of halogens is 2. The number of hydrogen-bond acceptors (Lipinski definition) is 12. The van der Waals surface area contributed by atoms with Gasteiger partial charge in [-0.1, -0.05) is 23.4 Å². The van der Waals surface area contributed by atoms with Crippen molar-refractivity contribution in [3.8, 4) is 22.1 Å². The number of amidine groups is 2. The summed E-state index contributed by atoms with van der Waals surface area (Å²) >= 11 is 1.12. The third-order valence-corrected chi connectivity index (χ3v) is 8.39. The van der Waals surface area contributed by atoms with Crippen molar-refractivity contribution in [1.82, 2.24) is 29.5 Å². The minimum atomic E-state index is -0.868. The molecule has 0 radical (unpaired) electrons. The van der Waals surface area contributed by atoms with Gasteiger partial charge in [-0.25, -0.2) is 33.2 Å². The fraction of sp³-hybridized carbons (Fsp3) is 0.226. The zero-order valence-corrected chi connectivity index (χ0v) is 27.7. The highest BCUT2D eigenvalue weighted by atomic mass is 32.1. The number of hydrogen-bond donors (Lipinski definition) is 3. The number of ether oxygens (including phenoxy) is 2. The average Bonchev–Trinajstić information content (AvgIpc) is 3.43. The zero-order valence-electron chi connectivity index (χ0n) is 26.9. The maximum absolute atomic E-state index is 14.9. The van der Waals surface area contributed by atoms with Crippen molar-refractivity contribution in [3.05, 3.63) is 98.2 Å². The summed E-state index contributed by atoms with van der Waals surface area (Å²) < 4.78 is 42.0. The number of thiophene rings is 1. The number of rotatable bonds is 10. The third kappa shape index (κ3) is 7.16. The second-order valence-electron chi connectivity index (χ2n) is 10.5. The predicted molar refractivity (Wildman–Crippen MR) is 178 cm³/mol. The van der Waals surface area contributed by atoms with E-state index in [0.717, 1.165) is 32.6 Å². The lowest BCUT2D eigenvalue weighted by Crippen LogP contribution is -2.39. The van der Waals surface area contributed by atoms with Gasteiger partial charge in [-0.05, 0) is 55.6 Å². The molecular formula is C31H31F2N9O6S. The maximum atomic E-state index is 14.9. The molecule has 3 heterocycles. The number of nitrogens with one attached hydrogen (secondary N) is 3. The molecule has 0 saturated heterocycles. The van der Waals surface area contributed by atoms with Crippen LogP contribution in [0.15, 0.2) is 64.2 Å². The van der Waals surface area contributed by atoms with Crippen molar-refractivity contribution in [3.63, 3.8) is 0 Å². The van der Waals surface area contributed by atoms with Gasteiger partial charge in [0.2, 0.25) is 5.88 Å². The normalized spacial score (nSPS) is 11.2. The summed E-state index contributed by atoms with van der Waals surface area (Å²) in [7, 11) is 7.54. The first kappa shape index (κ1) is 34.8. The van der Waals surface area contributed by atoms with Crippen molar-refractivity contribution in [2.45, 2.75) is 13.1 Å². The molecule has 5 aromatic rings. The van der Waals surface area contributed by atoms with Gasteiger partial charge in [-0.2, -0.15) is 0 Å². The van der Waals surface area contributed by atoms with E-state index in [1.165, 1.54) is 39.5 Å². The van der Waals surface area contributed by atoms with Crippen LogP contribution in [0.25, 0.3) is 26.5 Å². The summed E-state index contributed by atoms with van der Waals surface area (Å²) in [5, 5.41) is 27.3. The van der Waals surface area contributed by atoms with Crippen LogP contribution in [0.4, 0.5) is 14.5 Å². The molecule has 0 fully saturated rings. The van der Waals surface area contributed by atoms with Crippen LogP contribution in [0.3, 0.4) is 0 Å². The van der Waals surface area contributed by atoms with Crippen LogP contribution in [-0.2, 0) is 27.5 Å². The molecule has 0 saturated carbocycles. The summed E-state index contributed by atoms with van der Waals surface area (Å²) in [6, 6.07) is 11.9. The number of benzene rings is 2. The lowest BCUT2D eigenvalue weighted by Gasteiger charge is -2.18. The molecule has 0 spiro atoms. The first-order valence-electron chi connectivity index (χ1n) is 14.3. The van der Waals surface area contributed by atoms with Crippen LogP contribution in [0.2, 0.25) is 0 Å². The molecule has 256 valence electrons.